The molecule has 2 aromatic carbocycles. The van der Waals surface area contributed by atoms with Gasteiger partial charge in [-0.2, -0.15) is 0 Å². The Morgan fingerprint density at radius 2 is 1.73 bits per heavy atom. The second-order valence-electron chi connectivity index (χ2n) is 7.16. The molecule has 0 radical (unpaired) electrons. The molecule has 4 heteroatoms. The number of aliphatic hydroxyl groups excluding tert-OH is 1. The zero-order valence-electron chi connectivity index (χ0n) is 15.4. The van der Waals surface area contributed by atoms with Crippen LogP contribution in [0.15, 0.2) is 67.1 Å². The summed E-state index contributed by atoms with van der Waals surface area (Å²) < 4.78 is 0. The number of rotatable bonds is 8. The number of aromatic amines is 1. The van der Waals surface area contributed by atoms with Crippen LogP contribution in [0.25, 0.3) is 11.1 Å². The number of nitrogens with zero attached hydrogens (tertiary/aromatic N) is 1. The van der Waals surface area contributed by atoms with Gasteiger partial charge in [0.1, 0.15) is 0 Å². The Bertz CT molecular complexity index is 780. The highest BCUT2D eigenvalue weighted by molar-refractivity contribution is 5.63. The topological polar surface area (TPSA) is 60.9 Å². The van der Waals surface area contributed by atoms with Crippen molar-refractivity contribution in [2.24, 2.45) is 0 Å². The van der Waals surface area contributed by atoms with Gasteiger partial charge in [0, 0.05) is 5.54 Å². The summed E-state index contributed by atoms with van der Waals surface area (Å²) in [5, 5.41) is 13.7. The fraction of sp³-hybridized carbons (Fsp3) is 0.318. The molecule has 1 aromatic heterocycles. The van der Waals surface area contributed by atoms with Crippen LogP contribution in [0.2, 0.25) is 0 Å². The Balaban J connectivity index is 1.53. The molecule has 0 fully saturated rings. The van der Waals surface area contributed by atoms with Crippen molar-refractivity contribution >= 4 is 0 Å². The highest BCUT2D eigenvalue weighted by atomic mass is 16.3. The fourth-order valence-corrected chi connectivity index (χ4v) is 3.11. The van der Waals surface area contributed by atoms with Crippen LogP contribution in [0.3, 0.4) is 0 Å². The predicted molar refractivity (Wildman–Crippen MR) is 106 cm³/mol. The largest absolute Gasteiger partial charge is 0.387 e. The first-order valence-electron chi connectivity index (χ1n) is 9.13. The quantitative estimate of drug-likeness (QED) is 0.528. The third kappa shape index (κ3) is 4.59. The SMILES string of the molecule is CC(C)(NCCCC(O)c1cnc[nH]1)c1ccc(-c2ccccc2)cc1. The van der Waals surface area contributed by atoms with Crippen LogP contribution >= 0.6 is 0 Å². The monoisotopic (exact) mass is 349 g/mol. The summed E-state index contributed by atoms with van der Waals surface area (Å²) in [5.74, 6) is 0. The van der Waals surface area contributed by atoms with Crippen LogP contribution in [0.4, 0.5) is 0 Å². The van der Waals surface area contributed by atoms with Crippen molar-refractivity contribution < 1.29 is 5.11 Å². The van der Waals surface area contributed by atoms with E-state index in [1.54, 1.807) is 12.5 Å². The number of H-pyrrole nitrogens is 1. The van der Waals surface area contributed by atoms with E-state index in [1.807, 2.05) is 6.07 Å². The lowest BCUT2D eigenvalue weighted by atomic mass is 9.92. The van der Waals surface area contributed by atoms with E-state index in [4.69, 9.17) is 0 Å². The Morgan fingerprint density at radius 1 is 1.04 bits per heavy atom. The summed E-state index contributed by atoms with van der Waals surface area (Å²) >= 11 is 0. The average molecular weight is 349 g/mol. The van der Waals surface area contributed by atoms with Crippen LogP contribution < -0.4 is 5.32 Å². The summed E-state index contributed by atoms with van der Waals surface area (Å²) in [4.78, 5) is 6.91. The van der Waals surface area contributed by atoms with Crippen LogP contribution in [0.1, 0.15) is 44.1 Å². The lowest BCUT2D eigenvalue weighted by molar-refractivity contribution is 0.159. The van der Waals surface area contributed by atoms with Gasteiger partial charge in [-0.15, -0.1) is 0 Å². The van der Waals surface area contributed by atoms with E-state index < -0.39 is 6.10 Å². The lowest BCUT2D eigenvalue weighted by Gasteiger charge is -2.27. The maximum absolute atomic E-state index is 10.1. The standard InChI is InChI=1S/C22H27N3O/c1-22(2,25-14-6-9-21(26)20-15-23-16-24-20)19-12-10-18(11-13-19)17-7-4-3-5-8-17/h3-5,7-8,10-13,15-16,21,25-26H,6,9,14H2,1-2H3,(H,23,24). The molecule has 3 aromatic rings. The van der Waals surface area contributed by atoms with Gasteiger partial charge in [-0.25, -0.2) is 4.98 Å². The van der Waals surface area contributed by atoms with Gasteiger partial charge >= 0.3 is 0 Å². The van der Waals surface area contributed by atoms with Crippen LogP contribution in [-0.4, -0.2) is 21.6 Å². The normalized spacial score (nSPS) is 12.9. The van der Waals surface area contributed by atoms with Gasteiger partial charge in [-0.05, 0) is 49.9 Å². The van der Waals surface area contributed by atoms with Crippen molar-refractivity contribution in [2.75, 3.05) is 6.54 Å². The first-order valence-corrected chi connectivity index (χ1v) is 9.13. The number of imidazole rings is 1. The molecule has 0 bridgehead atoms. The van der Waals surface area contributed by atoms with Crippen molar-refractivity contribution in [1.29, 1.82) is 0 Å². The summed E-state index contributed by atoms with van der Waals surface area (Å²) in [6.07, 6.45) is 4.40. The van der Waals surface area contributed by atoms with E-state index in [0.29, 0.717) is 6.42 Å². The highest BCUT2D eigenvalue weighted by Gasteiger charge is 2.19. The molecule has 0 aliphatic heterocycles. The molecule has 1 unspecified atom stereocenters. The van der Waals surface area contributed by atoms with Gasteiger partial charge < -0.3 is 15.4 Å². The van der Waals surface area contributed by atoms with Crippen LogP contribution in [-0.2, 0) is 5.54 Å². The Kier molecular flexibility index (Phi) is 5.86. The molecular weight excluding hydrogens is 322 g/mol. The zero-order chi connectivity index (χ0) is 18.4. The number of nitrogens with one attached hydrogen (secondary N) is 2. The molecule has 3 rings (SSSR count). The molecule has 4 nitrogen and oxygen atoms in total. The number of hydrogen-bond donors (Lipinski definition) is 3. The summed E-state index contributed by atoms with van der Waals surface area (Å²) in [6.45, 7) is 5.23. The van der Waals surface area contributed by atoms with Crippen molar-refractivity contribution in [1.82, 2.24) is 15.3 Å². The van der Waals surface area contributed by atoms with Gasteiger partial charge in [-0.3, -0.25) is 0 Å². The Morgan fingerprint density at radius 3 is 2.38 bits per heavy atom. The lowest BCUT2D eigenvalue weighted by Crippen LogP contribution is -2.37. The molecule has 0 aliphatic carbocycles. The number of benzene rings is 2. The molecule has 136 valence electrons. The van der Waals surface area contributed by atoms with Gasteiger partial charge in [0.05, 0.1) is 24.3 Å². The number of aliphatic hydroxyl groups is 1. The molecule has 0 aliphatic rings. The van der Waals surface area contributed by atoms with Crippen molar-refractivity contribution in [3.05, 3.63) is 78.4 Å². The summed E-state index contributed by atoms with van der Waals surface area (Å²) in [5.41, 5.74) is 4.38. The van der Waals surface area contributed by atoms with Crippen molar-refractivity contribution in [3.63, 3.8) is 0 Å². The highest BCUT2D eigenvalue weighted by Crippen LogP contribution is 2.25. The van der Waals surface area contributed by atoms with Gasteiger partial charge in [0.2, 0.25) is 0 Å². The second kappa shape index (κ2) is 8.30. The maximum atomic E-state index is 10.1. The minimum Gasteiger partial charge on any atom is -0.387 e. The van der Waals surface area contributed by atoms with E-state index >= 15 is 0 Å². The number of hydrogen-bond acceptors (Lipinski definition) is 3. The summed E-state index contributed by atoms with van der Waals surface area (Å²) in [7, 11) is 0. The molecule has 0 amide bonds. The van der Waals surface area contributed by atoms with Gasteiger partial charge in [-0.1, -0.05) is 54.6 Å². The minimum atomic E-state index is -0.479. The molecule has 26 heavy (non-hydrogen) atoms. The molecule has 0 saturated heterocycles. The third-order valence-corrected chi connectivity index (χ3v) is 4.81. The first-order chi connectivity index (χ1) is 12.6. The smallest absolute Gasteiger partial charge is 0.0954 e. The second-order valence-corrected chi connectivity index (χ2v) is 7.16. The predicted octanol–water partition coefficient (Wildman–Crippen LogP) is 4.42. The van der Waals surface area contributed by atoms with Gasteiger partial charge in [0.15, 0.2) is 0 Å². The minimum absolute atomic E-state index is 0.117. The molecule has 3 N–H and O–H groups in total. The van der Waals surface area contributed by atoms with E-state index in [1.165, 1.54) is 16.7 Å². The molecule has 0 saturated carbocycles. The fourth-order valence-electron chi connectivity index (χ4n) is 3.11. The zero-order valence-corrected chi connectivity index (χ0v) is 15.4. The molecule has 1 atom stereocenters. The number of aromatic nitrogens is 2. The first kappa shape index (κ1) is 18.4. The van der Waals surface area contributed by atoms with Crippen LogP contribution in [0.5, 0.6) is 0 Å². The van der Waals surface area contributed by atoms with E-state index in [0.717, 1.165) is 18.7 Å². The Labute approximate surface area is 155 Å². The van der Waals surface area contributed by atoms with E-state index in [-0.39, 0.29) is 5.54 Å². The average Bonchev–Trinajstić information content (AvgIpc) is 3.21. The molecular formula is C22H27N3O. The maximum Gasteiger partial charge on any atom is 0.0954 e. The summed E-state index contributed by atoms with van der Waals surface area (Å²) in [6, 6.07) is 19.1. The molecule has 1 heterocycles. The third-order valence-electron chi connectivity index (χ3n) is 4.81. The van der Waals surface area contributed by atoms with E-state index in [9.17, 15) is 5.11 Å². The van der Waals surface area contributed by atoms with Crippen molar-refractivity contribution in [2.45, 2.75) is 38.3 Å². The van der Waals surface area contributed by atoms with Gasteiger partial charge in [0.25, 0.3) is 0 Å². The van der Waals surface area contributed by atoms with Crippen molar-refractivity contribution in [3.8, 4) is 11.1 Å². The molecule has 0 spiro atoms. The van der Waals surface area contributed by atoms with E-state index in [2.05, 4.69) is 77.7 Å². The Hall–Kier alpha value is -2.43. The van der Waals surface area contributed by atoms with Crippen LogP contribution in [0, 0.1) is 0 Å².